The molecule has 1 nitrogen and oxygen atoms in total. The van der Waals surface area contributed by atoms with Crippen LogP contribution < -0.4 is 4.74 Å². The van der Waals surface area contributed by atoms with Gasteiger partial charge in [-0.2, -0.15) is 4.39 Å². The maximum absolute atomic E-state index is 14.8. The average molecular weight is 403 g/mol. The van der Waals surface area contributed by atoms with Gasteiger partial charge in [0.2, 0.25) is 5.82 Å². The van der Waals surface area contributed by atoms with Crippen LogP contribution in [0.25, 0.3) is 0 Å². The number of hydrogen-bond acceptors (Lipinski definition) is 1. The molecule has 0 amide bonds. The van der Waals surface area contributed by atoms with Crippen molar-refractivity contribution < 1.29 is 13.5 Å². The van der Waals surface area contributed by atoms with Crippen LogP contribution in [0.15, 0.2) is 18.7 Å². The Morgan fingerprint density at radius 3 is 2.48 bits per heavy atom. The maximum atomic E-state index is 14.8. The lowest BCUT2D eigenvalue weighted by atomic mass is 9.61. The Kier molecular flexibility index (Phi) is 6.61. The molecule has 2 saturated carbocycles. The summed E-state index contributed by atoms with van der Waals surface area (Å²) < 4.78 is 34.6. The second-order valence-electron chi connectivity index (χ2n) is 9.80. The Bertz CT molecular complexity index is 728. The Hall–Kier alpha value is -1.38. The number of aryl methyl sites for hydroxylation is 1. The van der Waals surface area contributed by atoms with Gasteiger partial charge in [0.25, 0.3) is 0 Å². The smallest absolute Gasteiger partial charge is 0.200 e. The van der Waals surface area contributed by atoms with E-state index in [0.717, 1.165) is 36.2 Å². The van der Waals surface area contributed by atoms with E-state index in [-0.39, 0.29) is 12.4 Å². The van der Waals surface area contributed by atoms with Gasteiger partial charge in [0.15, 0.2) is 11.6 Å². The molecule has 0 spiro atoms. The van der Waals surface area contributed by atoms with Crippen molar-refractivity contribution in [2.75, 3.05) is 6.61 Å². The summed E-state index contributed by atoms with van der Waals surface area (Å²) in [6.07, 6.45) is 15.1. The highest BCUT2D eigenvalue weighted by Gasteiger charge is 2.39. The summed E-state index contributed by atoms with van der Waals surface area (Å²) in [5.74, 6) is 2.46. The van der Waals surface area contributed by atoms with Crippen LogP contribution in [0, 0.1) is 41.2 Å². The third-order valence-corrected chi connectivity index (χ3v) is 8.10. The summed E-state index contributed by atoms with van der Waals surface area (Å²) in [4.78, 5) is 0. The van der Waals surface area contributed by atoms with Crippen molar-refractivity contribution in [3.8, 4) is 5.75 Å². The molecule has 5 atom stereocenters. The first kappa shape index (κ1) is 20.9. The van der Waals surface area contributed by atoms with Crippen LogP contribution in [-0.4, -0.2) is 6.61 Å². The molecular weight excluding hydrogens is 366 g/mol. The predicted molar refractivity (Wildman–Crippen MR) is 114 cm³/mol. The Morgan fingerprint density at radius 2 is 1.72 bits per heavy atom. The molecule has 1 aromatic rings. The van der Waals surface area contributed by atoms with E-state index in [0.29, 0.717) is 23.8 Å². The van der Waals surface area contributed by atoms with Crippen molar-refractivity contribution in [3.05, 3.63) is 41.5 Å². The molecule has 0 bridgehead atoms. The zero-order valence-corrected chi connectivity index (χ0v) is 17.9. The van der Waals surface area contributed by atoms with E-state index in [1.807, 2.05) is 0 Å². The van der Waals surface area contributed by atoms with Gasteiger partial charge in [0.1, 0.15) is 6.61 Å². The van der Waals surface area contributed by atoms with E-state index in [4.69, 9.17) is 4.74 Å². The number of rotatable bonds is 6. The molecule has 2 fully saturated rings. The number of ether oxygens (including phenoxy) is 1. The molecular formula is C26H36F2O. The molecule has 1 aromatic carbocycles. The predicted octanol–water partition coefficient (Wildman–Crippen LogP) is 7.27. The third-order valence-electron chi connectivity index (χ3n) is 8.10. The first-order chi connectivity index (χ1) is 14.1. The summed E-state index contributed by atoms with van der Waals surface area (Å²) in [6, 6.07) is 1.72. The number of halogens is 2. The normalized spacial score (nSPS) is 31.6. The zero-order valence-electron chi connectivity index (χ0n) is 17.9. The minimum Gasteiger partial charge on any atom is -0.486 e. The Morgan fingerprint density at radius 1 is 1.00 bits per heavy atom. The highest BCUT2D eigenvalue weighted by Crippen LogP contribution is 2.49. The fourth-order valence-corrected chi connectivity index (χ4v) is 6.62. The Balaban J connectivity index is 1.42. The average Bonchev–Trinajstić information content (AvgIpc) is 2.75. The quantitative estimate of drug-likeness (QED) is 0.455. The molecule has 0 N–H and O–H groups in total. The summed E-state index contributed by atoms with van der Waals surface area (Å²) >= 11 is 0. The SMILES string of the molecule is C=CCOc1cc2c(c(F)c1F)CC(C1CCC3CC(CCC)CCC3C1)CC2. The van der Waals surface area contributed by atoms with Crippen molar-refractivity contribution in [2.24, 2.45) is 29.6 Å². The standard InChI is InChI=1S/C26H36F2O/c1-3-5-17-6-7-19-14-20(9-8-18(19)13-17)21-10-11-22-16-24(29-12-4-2)26(28)25(27)23(22)15-21/h4,16-21H,2-3,5-15H2,1H3. The monoisotopic (exact) mass is 402 g/mol. The van der Waals surface area contributed by atoms with Crippen LogP contribution in [0.2, 0.25) is 0 Å². The molecule has 0 heterocycles. The van der Waals surface area contributed by atoms with Gasteiger partial charge in [-0.15, -0.1) is 0 Å². The minimum atomic E-state index is -0.829. The van der Waals surface area contributed by atoms with E-state index in [1.165, 1.54) is 51.4 Å². The van der Waals surface area contributed by atoms with Crippen LogP contribution >= 0.6 is 0 Å². The van der Waals surface area contributed by atoms with E-state index in [1.54, 1.807) is 12.1 Å². The van der Waals surface area contributed by atoms with E-state index in [9.17, 15) is 8.78 Å². The lowest BCUT2D eigenvalue weighted by Crippen LogP contribution is -2.35. The number of fused-ring (bicyclic) bond motifs is 2. The van der Waals surface area contributed by atoms with E-state index < -0.39 is 11.6 Å². The molecule has 3 aliphatic carbocycles. The number of benzene rings is 1. The summed E-state index contributed by atoms with van der Waals surface area (Å²) in [7, 11) is 0. The van der Waals surface area contributed by atoms with E-state index in [2.05, 4.69) is 13.5 Å². The highest BCUT2D eigenvalue weighted by molar-refractivity contribution is 5.40. The topological polar surface area (TPSA) is 9.23 Å². The van der Waals surface area contributed by atoms with Crippen molar-refractivity contribution >= 4 is 0 Å². The maximum Gasteiger partial charge on any atom is 0.200 e. The summed E-state index contributed by atoms with van der Waals surface area (Å²) in [6.45, 7) is 6.08. The molecule has 0 aliphatic heterocycles. The molecule has 0 saturated heterocycles. The molecule has 0 radical (unpaired) electrons. The summed E-state index contributed by atoms with van der Waals surface area (Å²) in [5, 5.41) is 0. The fraction of sp³-hybridized carbons (Fsp3) is 0.692. The molecule has 29 heavy (non-hydrogen) atoms. The third kappa shape index (κ3) is 4.39. The van der Waals surface area contributed by atoms with Crippen LogP contribution in [0.5, 0.6) is 5.75 Å². The van der Waals surface area contributed by atoms with Gasteiger partial charge in [-0.25, -0.2) is 4.39 Å². The second-order valence-corrected chi connectivity index (χ2v) is 9.80. The van der Waals surface area contributed by atoms with Gasteiger partial charge >= 0.3 is 0 Å². The molecule has 0 aromatic heterocycles. The fourth-order valence-electron chi connectivity index (χ4n) is 6.62. The van der Waals surface area contributed by atoms with Gasteiger partial charge in [-0.1, -0.05) is 38.8 Å². The van der Waals surface area contributed by atoms with Crippen molar-refractivity contribution in [1.82, 2.24) is 0 Å². The molecule has 4 rings (SSSR count). The van der Waals surface area contributed by atoms with Crippen LogP contribution in [0.1, 0.15) is 75.8 Å². The van der Waals surface area contributed by atoms with E-state index >= 15 is 0 Å². The van der Waals surface area contributed by atoms with Crippen LogP contribution in [-0.2, 0) is 12.8 Å². The first-order valence-electron chi connectivity index (χ1n) is 11.8. The van der Waals surface area contributed by atoms with Gasteiger partial charge in [0, 0.05) is 0 Å². The lowest BCUT2D eigenvalue weighted by molar-refractivity contribution is 0.0691. The van der Waals surface area contributed by atoms with Crippen molar-refractivity contribution in [3.63, 3.8) is 0 Å². The van der Waals surface area contributed by atoms with Gasteiger partial charge < -0.3 is 4.74 Å². The van der Waals surface area contributed by atoms with Crippen molar-refractivity contribution in [1.29, 1.82) is 0 Å². The zero-order chi connectivity index (χ0) is 20.4. The molecule has 3 aliphatic rings. The van der Waals surface area contributed by atoms with Gasteiger partial charge in [-0.3, -0.25) is 0 Å². The second kappa shape index (κ2) is 9.18. The first-order valence-corrected chi connectivity index (χ1v) is 11.8. The lowest BCUT2D eigenvalue weighted by Gasteiger charge is -2.45. The Labute approximate surface area is 174 Å². The summed E-state index contributed by atoms with van der Waals surface area (Å²) in [5.41, 5.74) is 1.55. The van der Waals surface area contributed by atoms with Gasteiger partial charge in [0.05, 0.1) is 0 Å². The highest BCUT2D eigenvalue weighted by atomic mass is 19.2. The van der Waals surface area contributed by atoms with Crippen LogP contribution in [0.3, 0.4) is 0 Å². The minimum absolute atomic E-state index is 0.0314. The molecule has 160 valence electrons. The number of hydrogen-bond donors (Lipinski definition) is 0. The molecule has 3 heteroatoms. The molecule has 5 unspecified atom stereocenters. The van der Waals surface area contributed by atoms with Crippen molar-refractivity contribution in [2.45, 2.75) is 77.6 Å². The van der Waals surface area contributed by atoms with Gasteiger partial charge in [-0.05, 0) is 98.1 Å². The van der Waals surface area contributed by atoms with Crippen LogP contribution in [0.4, 0.5) is 8.78 Å². The largest absolute Gasteiger partial charge is 0.486 e.